The summed E-state index contributed by atoms with van der Waals surface area (Å²) >= 11 is 0. The van der Waals surface area contributed by atoms with E-state index in [4.69, 9.17) is 4.74 Å². The van der Waals surface area contributed by atoms with Crippen molar-refractivity contribution >= 4 is 29.5 Å². The minimum absolute atomic E-state index is 0.0296. The van der Waals surface area contributed by atoms with Gasteiger partial charge in [-0.05, 0) is 85.3 Å². The Morgan fingerprint density at radius 3 is 2.07 bits per heavy atom. The van der Waals surface area contributed by atoms with Crippen LogP contribution in [0.3, 0.4) is 0 Å². The number of carbonyl (C=O) groups is 2. The lowest BCUT2D eigenvalue weighted by Crippen LogP contribution is -2.43. The lowest BCUT2D eigenvalue weighted by molar-refractivity contribution is 0.102. The maximum Gasteiger partial charge on any atom is 0.411 e. The van der Waals surface area contributed by atoms with Crippen molar-refractivity contribution in [3.63, 3.8) is 0 Å². The maximum absolute atomic E-state index is 13.1. The van der Waals surface area contributed by atoms with E-state index in [0.717, 1.165) is 36.1 Å². The molecule has 3 N–H and O–H groups in total. The van der Waals surface area contributed by atoms with Gasteiger partial charge in [0.1, 0.15) is 6.61 Å². The molecule has 0 spiro atoms. The fourth-order valence-electron chi connectivity index (χ4n) is 6.01. The lowest BCUT2D eigenvalue weighted by Gasteiger charge is -2.32. The van der Waals surface area contributed by atoms with Gasteiger partial charge in [-0.2, -0.15) is 0 Å². The van der Waals surface area contributed by atoms with Crippen molar-refractivity contribution in [2.24, 2.45) is 0 Å². The van der Waals surface area contributed by atoms with Crippen molar-refractivity contribution in [2.75, 3.05) is 23.8 Å². The summed E-state index contributed by atoms with van der Waals surface area (Å²) in [5.41, 5.74) is 8.76. The van der Waals surface area contributed by atoms with Crippen molar-refractivity contribution in [3.05, 3.63) is 125 Å². The Hall–Kier alpha value is -4.68. The molecule has 0 atom stereocenters. The van der Waals surface area contributed by atoms with Gasteiger partial charge >= 0.3 is 6.09 Å². The second-order valence-electron chi connectivity index (χ2n) is 11.6. The van der Waals surface area contributed by atoms with Gasteiger partial charge in [-0.3, -0.25) is 10.1 Å². The van der Waals surface area contributed by atoms with E-state index in [0.29, 0.717) is 16.9 Å². The van der Waals surface area contributed by atoms with Crippen LogP contribution < -0.4 is 16.0 Å². The third-order valence-corrected chi connectivity index (χ3v) is 8.02. The molecule has 1 aliphatic carbocycles. The van der Waals surface area contributed by atoms with Crippen molar-refractivity contribution in [1.82, 2.24) is 5.32 Å². The summed E-state index contributed by atoms with van der Waals surface area (Å²) < 4.78 is 5.70. The fraction of sp³-hybridized carbons (Fsp3) is 0.222. The number of ether oxygens (including phenoxy) is 1. The minimum Gasteiger partial charge on any atom is -0.448 e. The summed E-state index contributed by atoms with van der Waals surface area (Å²) in [5, 5.41) is 9.28. The van der Waals surface area contributed by atoms with Gasteiger partial charge in [0.25, 0.3) is 5.91 Å². The number of nitrogens with one attached hydrogen (secondary N) is 3. The Balaban J connectivity index is 1.09. The molecule has 6 heteroatoms. The first kappa shape index (κ1) is 27.5. The molecule has 0 radical (unpaired) electrons. The van der Waals surface area contributed by atoms with Crippen LogP contribution in [0.2, 0.25) is 0 Å². The van der Waals surface area contributed by atoms with Gasteiger partial charge in [0.2, 0.25) is 0 Å². The molecule has 1 heterocycles. The second kappa shape index (κ2) is 11.7. The molecule has 0 unspecified atom stereocenters. The largest absolute Gasteiger partial charge is 0.448 e. The Labute approximate surface area is 246 Å². The Morgan fingerprint density at radius 2 is 1.43 bits per heavy atom. The molecule has 2 aliphatic rings. The highest BCUT2D eigenvalue weighted by Crippen LogP contribution is 2.44. The number of hydrogen-bond acceptors (Lipinski definition) is 4. The van der Waals surface area contributed by atoms with E-state index in [-0.39, 0.29) is 24.0 Å². The van der Waals surface area contributed by atoms with Gasteiger partial charge in [0.05, 0.1) is 11.4 Å². The number of hydrogen-bond donors (Lipinski definition) is 3. The zero-order valence-electron chi connectivity index (χ0n) is 23.9. The molecule has 6 nitrogen and oxygen atoms in total. The third kappa shape index (κ3) is 5.99. The molecule has 1 aliphatic heterocycles. The van der Waals surface area contributed by atoms with E-state index in [2.05, 4.69) is 60.1 Å². The summed E-state index contributed by atoms with van der Waals surface area (Å²) in [6, 6.07) is 31.2. The first-order valence-corrected chi connectivity index (χ1v) is 14.4. The zero-order valence-corrected chi connectivity index (χ0v) is 23.9. The Bertz CT molecular complexity index is 1610. The van der Waals surface area contributed by atoms with Crippen molar-refractivity contribution in [2.45, 2.75) is 38.1 Å². The molecule has 212 valence electrons. The maximum atomic E-state index is 13.1. The van der Waals surface area contributed by atoms with Crippen LogP contribution in [-0.4, -0.2) is 30.7 Å². The third-order valence-electron chi connectivity index (χ3n) is 8.02. The van der Waals surface area contributed by atoms with Crippen LogP contribution in [-0.2, 0) is 4.74 Å². The van der Waals surface area contributed by atoms with Crippen molar-refractivity contribution in [1.29, 1.82) is 0 Å². The average molecular weight is 558 g/mol. The average Bonchev–Trinajstić information content (AvgIpc) is 3.30. The van der Waals surface area contributed by atoms with E-state index in [9.17, 15) is 9.59 Å². The van der Waals surface area contributed by atoms with Crippen LogP contribution in [0, 0.1) is 0 Å². The summed E-state index contributed by atoms with van der Waals surface area (Å²) in [6.45, 7) is 5.62. The SMILES string of the molecule is CC1(C)C/C(=C/c2ccc(C(=O)Nc3ccccc3NC(=O)OCC3c4ccccc4-c4ccccc43)cc2)CCN1. The van der Waals surface area contributed by atoms with Gasteiger partial charge in [0.15, 0.2) is 0 Å². The summed E-state index contributed by atoms with van der Waals surface area (Å²) in [5.74, 6) is -0.281. The number of anilines is 2. The van der Waals surface area contributed by atoms with Crippen LogP contribution in [0.15, 0.2) is 103 Å². The minimum atomic E-state index is -0.572. The fourth-order valence-corrected chi connectivity index (χ4v) is 6.01. The van der Waals surface area contributed by atoms with E-state index < -0.39 is 6.09 Å². The van der Waals surface area contributed by atoms with Crippen LogP contribution in [0.4, 0.5) is 16.2 Å². The standard InChI is InChI=1S/C36H35N3O3/c1-36(2)22-25(19-20-37-36)21-24-15-17-26(18-16-24)34(40)38-32-13-7-8-14-33(32)39-35(41)42-23-31-29-11-5-3-9-27(29)28-10-4-6-12-30(28)31/h3-18,21,31,37H,19-20,22-23H2,1-2H3,(H,38,40)(H,39,41)/b25-21+. The molecular formula is C36H35N3O3. The van der Waals surface area contributed by atoms with E-state index in [1.54, 1.807) is 18.2 Å². The van der Waals surface area contributed by atoms with Crippen LogP contribution in [0.25, 0.3) is 17.2 Å². The van der Waals surface area contributed by atoms with Crippen LogP contribution in [0.1, 0.15) is 59.7 Å². The molecule has 0 saturated carbocycles. The van der Waals surface area contributed by atoms with Crippen LogP contribution >= 0.6 is 0 Å². The smallest absolute Gasteiger partial charge is 0.411 e. The normalized spacial score (nSPS) is 16.4. The predicted molar refractivity (Wildman–Crippen MR) is 169 cm³/mol. The molecule has 0 bridgehead atoms. The van der Waals surface area contributed by atoms with E-state index in [1.165, 1.54) is 16.7 Å². The summed E-state index contributed by atoms with van der Waals surface area (Å²) in [7, 11) is 0. The number of carbonyl (C=O) groups excluding carboxylic acids is 2. The van der Waals surface area contributed by atoms with Gasteiger partial charge in [-0.15, -0.1) is 0 Å². The second-order valence-corrected chi connectivity index (χ2v) is 11.6. The predicted octanol–water partition coefficient (Wildman–Crippen LogP) is 7.85. The first-order chi connectivity index (χ1) is 20.4. The van der Waals surface area contributed by atoms with Gasteiger partial charge in [0, 0.05) is 17.0 Å². The number of fused-ring (bicyclic) bond motifs is 3. The number of amides is 2. The van der Waals surface area contributed by atoms with Crippen molar-refractivity contribution < 1.29 is 14.3 Å². The highest BCUT2D eigenvalue weighted by Gasteiger charge is 2.29. The lowest BCUT2D eigenvalue weighted by atomic mass is 9.88. The zero-order chi connectivity index (χ0) is 29.1. The molecule has 4 aromatic rings. The molecule has 1 saturated heterocycles. The number of piperidine rings is 1. The summed E-state index contributed by atoms with van der Waals surface area (Å²) in [4.78, 5) is 26.0. The van der Waals surface area contributed by atoms with E-state index in [1.807, 2.05) is 54.6 Å². The van der Waals surface area contributed by atoms with Gasteiger partial charge in [-0.25, -0.2) is 4.79 Å². The molecule has 2 amide bonds. The highest BCUT2D eigenvalue weighted by molar-refractivity contribution is 6.07. The highest BCUT2D eigenvalue weighted by atomic mass is 16.5. The van der Waals surface area contributed by atoms with E-state index >= 15 is 0 Å². The summed E-state index contributed by atoms with van der Waals surface area (Å²) in [6.07, 6.45) is 3.68. The van der Waals surface area contributed by atoms with Gasteiger partial charge in [-0.1, -0.05) is 84.4 Å². The molecule has 42 heavy (non-hydrogen) atoms. The molecule has 6 rings (SSSR count). The Morgan fingerprint density at radius 1 is 0.833 bits per heavy atom. The topological polar surface area (TPSA) is 79.5 Å². The quantitative estimate of drug-likeness (QED) is 0.226. The van der Waals surface area contributed by atoms with Crippen LogP contribution in [0.5, 0.6) is 0 Å². The first-order valence-electron chi connectivity index (χ1n) is 14.4. The number of rotatable bonds is 6. The molecular weight excluding hydrogens is 522 g/mol. The van der Waals surface area contributed by atoms with Gasteiger partial charge < -0.3 is 15.4 Å². The number of benzene rings is 4. The molecule has 4 aromatic carbocycles. The monoisotopic (exact) mass is 557 g/mol. The molecule has 0 aromatic heterocycles. The number of para-hydroxylation sites is 2. The van der Waals surface area contributed by atoms with Crippen molar-refractivity contribution in [3.8, 4) is 11.1 Å². The Kier molecular flexibility index (Phi) is 7.64. The molecule has 1 fully saturated rings.